The molecule has 0 bridgehead atoms. The van der Waals surface area contributed by atoms with Crippen molar-refractivity contribution in [3.05, 3.63) is 58.7 Å². The fourth-order valence-corrected chi connectivity index (χ4v) is 3.15. The molecule has 23 heavy (non-hydrogen) atoms. The number of thiophene rings is 1. The van der Waals surface area contributed by atoms with E-state index in [1.54, 1.807) is 28.0 Å². The second-order valence-corrected chi connectivity index (χ2v) is 5.94. The minimum atomic E-state index is 0.566. The zero-order chi connectivity index (χ0) is 15.8. The first kappa shape index (κ1) is 13.8. The number of hydrogen-bond donors (Lipinski definition) is 0. The molecular weight excluding hydrogens is 308 g/mol. The fraction of sp³-hybridized carbons (Fsp3) is 0.0588. The number of rotatable bonds is 3. The lowest BCUT2D eigenvalue weighted by molar-refractivity contribution is 0.112. The molecule has 0 atom stereocenters. The summed E-state index contributed by atoms with van der Waals surface area (Å²) in [6.45, 7) is 1.84. The maximum Gasteiger partial charge on any atom is 0.252 e. The van der Waals surface area contributed by atoms with E-state index in [-0.39, 0.29) is 0 Å². The molecular formula is C17H12N4OS. The summed E-state index contributed by atoms with van der Waals surface area (Å²) in [6, 6.07) is 9.45. The van der Waals surface area contributed by atoms with Crippen LogP contribution in [0, 0.1) is 6.92 Å². The molecule has 0 fully saturated rings. The monoisotopic (exact) mass is 320 g/mol. The summed E-state index contributed by atoms with van der Waals surface area (Å²) in [5.74, 6) is 1.25. The third-order valence-corrected chi connectivity index (χ3v) is 4.27. The van der Waals surface area contributed by atoms with Gasteiger partial charge in [-0.05, 0) is 29.3 Å². The van der Waals surface area contributed by atoms with Gasteiger partial charge >= 0.3 is 0 Å². The first-order chi connectivity index (χ1) is 11.2. The van der Waals surface area contributed by atoms with Crippen molar-refractivity contribution in [3.63, 3.8) is 0 Å². The third-order valence-electron chi connectivity index (χ3n) is 3.59. The Balaban J connectivity index is 1.98. The smallest absolute Gasteiger partial charge is 0.252 e. The molecule has 5 nitrogen and oxygen atoms in total. The quantitative estimate of drug-likeness (QED) is 0.541. The molecule has 0 aliphatic rings. The number of benzene rings is 1. The number of aromatic nitrogens is 4. The third kappa shape index (κ3) is 2.43. The van der Waals surface area contributed by atoms with Crippen molar-refractivity contribution in [1.29, 1.82) is 0 Å². The lowest BCUT2D eigenvalue weighted by atomic mass is 10.0. The zero-order valence-electron chi connectivity index (χ0n) is 12.3. The topological polar surface area (TPSA) is 60.2 Å². The number of carbonyl (C=O) groups is 1. The summed E-state index contributed by atoms with van der Waals surface area (Å²) in [5, 5.41) is 8.46. The van der Waals surface area contributed by atoms with E-state index < -0.39 is 0 Å². The van der Waals surface area contributed by atoms with Crippen molar-refractivity contribution in [2.45, 2.75) is 6.92 Å². The minimum Gasteiger partial charge on any atom is -0.298 e. The van der Waals surface area contributed by atoms with Crippen LogP contribution in [0.1, 0.15) is 16.2 Å². The van der Waals surface area contributed by atoms with Crippen LogP contribution in [0.4, 0.5) is 0 Å². The van der Waals surface area contributed by atoms with Gasteiger partial charge in [-0.15, -0.1) is 0 Å². The van der Waals surface area contributed by atoms with Crippen LogP contribution in [-0.2, 0) is 0 Å². The predicted octanol–water partition coefficient (Wildman–Crippen LogP) is 3.64. The van der Waals surface area contributed by atoms with Gasteiger partial charge in [0.2, 0.25) is 0 Å². The van der Waals surface area contributed by atoms with Gasteiger partial charge in [0.25, 0.3) is 5.78 Å². The second kappa shape index (κ2) is 5.40. The fourth-order valence-electron chi connectivity index (χ4n) is 2.49. The zero-order valence-corrected chi connectivity index (χ0v) is 13.1. The largest absolute Gasteiger partial charge is 0.298 e. The Kier molecular flexibility index (Phi) is 3.24. The summed E-state index contributed by atoms with van der Waals surface area (Å²) in [7, 11) is 0. The highest BCUT2D eigenvalue weighted by atomic mass is 32.1. The predicted molar refractivity (Wildman–Crippen MR) is 89.7 cm³/mol. The van der Waals surface area contributed by atoms with Gasteiger partial charge < -0.3 is 0 Å². The Morgan fingerprint density at radius 2 is 1.91 bits per heavy atom. The molecule has 1 aromatic carbocycles. The number of fused-ring (bicyclic) bond motifs is 1. The number of nitrogens with zero attached hydrogens (tertiary/aromatic N) is 4. The van der Waals surface area contributed by atoms with Gasteiger partial charge in [0.05, 0.1) is 5.69 Å². The molecule has 0 aliphatic carbocycles. The van der Waals surface area contributed by atoms with Gasteiger partial charge in [0.15, 0.2) is 0 Å². The Morgan fingerprint density at radius 1 is 1.09 bits per heavy atom. The standard InChI is InChI=1S/C17H12N4OS/c1-11-18-17-19-16(13-4-2-12(9-22)3-5-13)15(8-21(17)20-11)14-6-7-23-10-14/h2-10H,1H3. The van der Waals surface area contributed by atoms with Crippen molar-refractivity contribution in [2.24, 2.45) is 0 Å². The van der Waals surface area contributed by atoms with Crippen LogP contribution >= 0.6 is 11.3 Å². The number of aryl methyl sites for hydroxylation is 1. The van der Waals surface area contributed by atoms with Crippen molar-refractivity contribution in [2.75, 3.05) is 0 Å². The first-order valence-corrected chi connectivity index (χ1v) is 8.01. The summed E-state index contributed by atoms with van der Waals surface area (Å²) >= 11 is 1.64. The highest BCUT2D eigenvalue weighted by molar-refractivity contribution is 7.08. The van der Waals surface area contributed by atoms with Crippen LogP contribution < -0.4 is 0 Å². The maximum absolute atomic E-state index is 10.8. The molecule has 3 heterocycles. The van der Waals surface area contributed by atoms with Gasteiger partial charge in [-0.25, -0.2) is 9.50 Å². The summed E-state index contributed by atoms with van der Waals surface area (Å²) in [4.78, 5) is 19.9. The van der Waals surface area contributed by atoms with Crippen LogP contribution in [0.15, 0.2) is 47.3 Å². The normalized spacial score (nSPS) is 11.0. The average Bonchev–Trinajstić information content (AvgIpc) is 3.21. The van der Waals surface area contributed by atoms with E-state index in [0.29, 0.717) is 17.2 Å². The summed E-state index contributed by atoms with van der Waals surface area (Å²) < 4.78 is 1.70. The van der Waals surface area contributed by atoms with Crippen molar-refractivity contribution in [1.82, 2.24) is 19.6 Å². The molecule has 0 amide bonds. The maximum atomic E-state index is 10.8. The summed E-state index contributed by atoms with van der Waals surface area (Å²) in [6.07, 6.45) is 2.79. The molecule has 0 spiro atoms. The SMILES string of the molecule is Cc1nc2nc(-c3ccc(C=O)cc3)c(-c3ccsc3)cn2n1. The molecule has 0 unspecified atom stereocenters. The highest BCUT2D eigenvalue weighted by Gasteiger charge is 2.13. The van der Waals surface area contributed by atoms with Crippen LogP contribution in [0.25, 0.3) is 28.2 Å². The van der Waals surface area contributed by atoms with E-state index in [2.05, 4.69) is 26.5 Å². The van der Waals surface area contributed by atoms with E-state index in [0.717, 1.165) is 28.7 Å². The second-order valence-electron chi connectivity index (χ2n) is 5.16. The van der Waals surface area contributed by atoms with E-state index in [4.69, 9.17) is 0 Å². The van der Waals surface area contributed by atoms with E-state index in [9.17, 15) is 4.79 Å². The van der Waals surface area contributed by atoms with Crippen molar-refractivity contribution in [3.8, 4) is 22.4 Å². The Morgan fingerprint density at radius 3 is 2.61 bits per heavy atom. The lowest BCUT2D eigenvalue weighted by Crippen LogP contribution is -1.97. The van der Waals surface area contributed by atoms with Crippen LogP contribution in [0.5, 0.6) is 0 Å². The first-order valence-electron chi connectivity index (χ1n) is 7.07. The average molecular weight is 320 g/mol. The summed E-state index contributed by atoms with van der Waals surface area (Å²) in [5.41, 5.74) is 4.50. The van der Waals surface area contributed by atoms with Gasteiger partial charge in [-0.3, -0.25) is 4.79 Å². The molecule has 6 heteroatoms. The molecule has 0 saturated carbocycles. The molecule has 4 rings (SSSR count). The molecule has 4 aromatic rings. The molecule has 0 radical (unpaired) electrons. The highest BCUT2D eigenvalue weighted by Crippen LogP contribution is 2.32. The van der Waals surface area contributed by atoms with Crippen molar-refractivity contribution >= 4 is 23.4 Å². The van der Waals surface area contributed by atoms with Crippen LogP contribution in [0.3, 0.4) is 0 Å². The Hall–Kier alpha value is -2.86. The number of hydrogen-bond acceptors (Lipinski definition) is 5. The van der Waals surface area contributed by atoms with E-state index in [1.807, 2.05) is 30.6 Å². The Bertz CT molecular complexity index is 988. The molecule has 0 N–H and O–H groups in total. The van der Waals surface area contributed by atoms with Gasteiger partial charge in [-0.2, -0.15) is 21.4 Å². The number of carbonyl (C=O) groups excluding carboxylic acids is 1. The molecule has 0 saturated heterocycles. The van der Waals surface area contributed by atoms with Crippen molar-refractivity contribution < 1.29 is 4.79 Å². The molecule has 3 aromatic heterocycles. The van der Waals surface area contributed by atoms with E-state index in [1.165, 1.54) is 0 Å². The van der Waals surface area contributed by atoms with Crippen LogP contribution in [-0.4, -0.2) is 25.9 Å². The van der Waals surface area contributed by atoms with Gasteiger partial charge in [0.1, 0.15) is 12.1 Å². The van der Waals surface area contributed by atoms with Gasteiger partial charge in [0, 0.05) is 22.9 Å². The molecule has 0 aliphatic heterocycles. The van der Waals surface area contributed by atoms with Crippen LogP contribution in [0.2, 0.25) is 0 Å². The van der Waals surface area contributed by atoms with Gasteiger partial charge in [-0.1, -0.05) is 24.3 Å². The minimum absolute atomic E-state index is 0.566. The molecule has 112 valence electrons. The van der Waals surface area contributed by atoms with E-state index >= 15 is 0 Å². The lowest BCUT2D eigenvalue weighted by Gasteiger charge is -2.08. The Labute approximate surface area is 136 Å². The number of aldehydes is 1.